The molecule has 0 fully saturated rings. The molecule has 21 heavy (non-hydrogen) atoms. The topological polar surface area (TPSA) is 49.3 Å². The van der Waals surface area contributed by atoms with Gasteiger partial charge in [-0.2, -0.15) is 0 Å². The van der Waals surface area contributed by atoms with Crippen molar-refractivity contribution in [2.24, 2.45) is 0 Å². The summed E-state index contributed by atoms with van der Waals surface area (Å²) in [6.45, 7) is -0.0817. The van der Waals surface area contributed by atoms with E-state index < -0.39 is 0 Å². The van der Waals surface area contributed by atoms with E-state index in [0.717, 1.165) is 12.7 Å². The number of amides is 1. The van der Waals surface area contributed by atoms with Gasteiger partial charge in [-0.05, 0) is 75.4 Å². The molecule has 2 rings (SSSR count). The van der Waals surface area contributed by atoms with Gasteiger partial charge in [0.15, 0.2) is 0 Å². The highest BCUT2D eigenvalue weighted by Crippen LogP contribution is 2.14. The van der Waals surface area contributed by atoms with E-state index in [1.165, 1.54) is 0 Å². The minimum atomic E-state index is -0.282. The van der Waals surface area contributed by atoms with Crippen LogP contribution in [0.5, 0.6) is 0 Å². The Hall–Kier alpha value is -0.670. The molecule has 0 aliphatic rings. The van der Waals surface area contributed by atoms with Gasteiger partial charge >= 0.3 is 0 Å². The zero-order valence-electron chi connectivity index (χ0n) is 11.2. The predicted octanol–water partition coefficient (Wildman–Crippen LogP) is 3.23. The Morgan fingerprint density at radius 1 is 1.10 bits per heavy atom. The minimum Gasteiger partial charge on any atom is -0.394 e. The average Bonchev–Trinajstić information content (AvgIpc) is 2.46. The van der Waals surface area contributed by atoms with E-state index in [2.05, 4.69) is 50.5 Å². The molecule has 3 nitrogen and oxygen atoms in total. The third-order valence-corrected chi connectivity index (χ3v) is 4.25. The third-order valence-electron chi connectivity index (χ3n) is 3.01. The molecule has 0 radical (unpaired) electrons. The van der Waals surface area contributed by atoms with Gasteiger partial charge in [0.25, 0.3) is 5.91 Å². The Labute approximate surface area is 151 Å². The van der Waals surface area contributed by atoms with Gasteiger partial charge in [-0.1, -0.05) is 30.3 Å². The number of carbonyl (C=O) groups excluding carboxylic acids is 1. The summed E-state index contributed by atoms with van der Waals surface area (Å²) < 4.78 is 2.04. The number of benzene rings is 2. The highest BCUT2D eigenvalue weighted by atomic mass is 127. The summed E-state index contributed by atoms with van der Waals surface area (Å²) in [6, 6.07) is 15.2. The van der Waals surface area contributed by atoms with Crippen molar-refractivity contribution in [2.75, 3.05) is 6.61 Å². The molecule has 1 atom stereocenters. The normalized spacial score (nSPS) is 12.0. The molecule has 0 unspecified atom stereocenters. The zero-order valence-corrected chi connectivity index (χ0v) is 15.5. The first-order chi connectivity index (χ1) is 10.1. The molecule has 2 aromatic carbocycles. The fourth-order valence-electron chi connectivity index (χ4n) is 2.01. The summed E-state index contributed by atoms with van der Waals surface area (Å²) in [5, 5.41) is 12.4. The van der Waals surface area contributed by atoms with Gasteiger partial charge in [0.2, 0.25) is 0 Å². The molecule has 0 saturated heterocycles. The largest absolute Gasteiger partial charge is 0.394 e. The Morgan fingerprint density at radius 2 is 1.71 bits per heavy atom. The molecule has 0 aliphatic heterocycles. The minimum absolute atomic E-state index is 0.0817. The van der Waals surface area contributed by atoms with Crippen LogP contribution in [0.25, 0.3) is 0 Å². The van der Waals surface area contributed by atoms with Gasteiger partial charge < -0.3 is 10.4 Å². The van der Waals surface area contributed by atoms with Crippen LogP contribution in [-0.2, 0) is 6.42 Å². The predicted molar refractivity (Wildman–Crippen MR) is 100 cm³/mol. The van der Waals surface area contributed by atoms with E-state index in [9.17, 15) is 9.90 Å². The van der Waals surface area contributed by atoms with Crippen molar-refractivity contribution in [1.82, 2.24) is 5.32 Å². The molecule has 0 aliphatic carbocycles. The Balaban J connectivity index is 2.05. The van der Waals surface area contributed by atoms with Gasteiger partial charge in [0.1, 0.15) is 0 Å². The van der Waals surface area contributed by atoms with Crippen molar-refractivity contribution in [2.45, 2.75) is 12.5 Å². The van der Waals surface area contributed by atoms with Crippen molar-refractivity contribution < 1.29 is 9.90 Å². The van der Waals surface area contributed by atoms with Gasteiger partial charge in [0.05, 0.1) is 12.6 Å². The second kappa shape index (κ2) is 8.09. The number of nitrogens with one attached hydrogen (secondary N) is 1. The monoisotopic (exact) mass is 507 g/mol. The summed E-state index contributed by atoms with van der Waals surface area (Å²) >= 11 is 4.38. The molecule has 0 bridgehead atoms. The second-order valence-corrected chi connectivity index (χ2v) is 7.19. The molecule has 5 heteroatoms. The number of carbonyl (C=O) groups is 1. The van der Waals surface area contributed by atoms with Crippen LogP contribution in [0.2, 0.25) is 0 Å². The molecule has 1 amide bonds. The number of rotatable bonds is 5. The number of hydrogen-bond acceptors (Lipinski definition) is 2. The van der Waals surface area contributed by atoms with Crippen LogP contribution >= 0.6 is 45.2 Å². The maximum atomic E-state index is 12.3. The lowest BCUT2D eigenvalue weighted by atomic mass is 10.1. The molecular weight excluding hydrogens is 492 g/mol. The molecule has 0 spiro atoms. The number of aliphatic hydroxyl groups excluding tert-OH is 1. The SMILES string of the molecule is O=C(N[C@H](CO)Cc1ccccc1)c1cc(I)cc(I)c1. The standard InChI is InChI=1S/C16H15I2NO2/c17-13-7-12(8-14(18)9-13)16(21)19-15(10-20)6-11-4-2-1-3-5-11/h1-5,7-9,15,20H,6,10H2,(H,19,21)/t15-/m0/s1. The Kier molecular flexibility index (Phi) is 6.43. The summed E-state index contributed by atoms with van der Waals surface area (Å²) in [6.07, 6.45) is 0.615. The van der Waals surface area contributed by atoms with Gasteiger partial charge in [-0.15, -0.1) is 0 Å². The molecule has 2 aromatic rings. The Bertz CT molecular complexity index is 597. The van der Waals surface area contributed by atoms with Crippen LogP contribution in [-0.4, -0.2) is 23.7 Å². The smallest absolute Gasteiger partial charge is 0.251 e. The fourth-order valence-corrected chi connectivity index (χ4v) is 3.95. The lowest BCUT2D eigenvalue weighted by Gasteiger charge is -2.16. The van der Waals surface area contributed by atoms with Crippen LogP contribution in [0.15, 0.2) is 48.5 Å². The van der Waals surface area contributed by atoms with Crippen LogP contribution < -0.4 is 5.32 Å². The van der Waals surface area contributed by atoms with Gasteiger partial charge in [0, 0.05) is 12.7 Å². The first-order valence-electron chi connectivity index (χ1n) is 6.50. The van der Waals surface area contributed by atoms with Crippen molar-refractivity contribution in [3.05, 3.63) is 66.8 Å². The van der Waals surface area contributed by atoms with Gasteiger partial charge in [-0.25, -0.2) is 0 Å². The number of halogens is 2. The van der Waals surface area contributed by atoms with E-state index in [0.29, 0.717) is 12.0 Å². The first-order valence-corrected chi connectivity index (χ1v) is 8.66. The van der Waals surface area contributed by atoms with Crippen molar-refractivity contribution in [1.29, 1.82) is 0 Å². The van der Waals surface area contributed by atoms with Crippen LogP contribution in [0.1, 0.15) is 15.9 Å². The summed E-state index contributed by atoms with van der Waals surface area (Å²) in [5.74, 6) is -0.151. The van der Waals surface area contributed by atoms with E-state index in [4.69, 9.17) is 0 Å². The van der Waals surface area contributed by atoms with Crippen LogP contribution in [0, 0.1) is 7.14 Å². The highest BCUT2D eigenvalue weighted by molar-refractivity contribution is 14.1. The average molecular weight is 507 g/mol. The first kappa shape index (κ1) is 16.7. The Morgan fingerprint density at radius 3 is 2.29 bits per heavy atom. The summed E-state index contributed by atoms with van der Waals surface area (Å²) in [7, 11) is 0. The van der Waals surface area contributed by atoms with E-state index in [-0.39, 0.29) is 18.6 Å². The van der Waals surface area contributed by atoms with Crippen molar-refractivity contribution >= 4 is 51.1 Å². The van der Waals surface area contributed by atoms with E-state index in [1.54, 1.807) is 0 Å². The van der Waals surface area contributed by atoms with Crippen LogP contribution in [0.4, 0.5) is 0 Å². The summed E-state index contributed by atoms with van der Waals surface area (Å²) in [4.78, 5) is 12.3. The van der Waals surface area contributed by atoms with Crippen LogP contribution in [0.3, 0.4) is 0 Å². The summed E-state index contributed by atoms with van der Waals surface area (Å²) in [5.41, 5.74) is 1.71. The highest BCUT2D eigenvalue weighted by Gasteiger charge is 2.14. The maximum absolute atomic E-state index is 12.3. The zero-order chi connectivity index (χ0) is 15.2. The quantitative estimate of drug-likeness (QED) is 0.612. The second-order valence-electron chi connectivity index (χ2n) is 4.70. The van der Waals surface area contributed by atoms with E-state index >= 15 is 0 Å². The number of aliphatic hydroxyl groups is 1. The number of hydrogen-bond donors (Lipinski definition) is 2. The third kappa shape index (κ3) is 5.23. The fraction of sp³-hybridized carbons (Fsp3) is 0.188. The molecule has 0 heterocycles. The van der Waals surface area contributed by atoms with Crippen molar-refractivity contribution in [3.63, 3.8) is 0 Å². The van der Waals surface area contributed by atoms with Gasteiger partial charge in [-0.3, -0.25) is 4.79 Å². The van der Waals surface area contributed by atoms with E-state index in [1.807, 2.05) is 48.5 Å². The molecule has 110 valence electrons. The lowest BCUT2D eigenvalue weighted by molar-refractivity contribution is 0.0916. The maximum Gasteiger partial charge on any atom is 0.251 e. The van der Waals surface area contributed by atoms with Crippen molar-refractivity contribution in [3.8, 4) is 0 Å². The molecule has 0 aromatic heterocycles. The molecular formula is C16H15I2NO2. The lowest BCUT2D eigenvalue weighted by Crippen LogP contribution is -2.39. The molecule has 2 N–H and O–H groups in total. The molecule has 0 saturated carbocycles.